The van der Waals surface area contributed by atoms with E-state index in [1.165, 1.54) is 6.07 Å². The van der Waals surface area contributed by atoms with Crippen molar-refractivity contribution in [1.29, 1.82) is 0 Å². The Morgan fingerprint density at radius 1 is 0.963 bits per heavy atom. The van der Waals surface area contributed by atoms with E-state index in [0.717, 1.165) is 10.8 Å². The number of carboxylic acid groups (broad SMARTS) is 1. The first-order valence-corrected chi connectivity index (χ1v) is 8.34. The Morgan fingerprint density at radius 3 is 2.41 bits per heavy atom. The number of nitrogens with one attached hydrogen (secondary N) is 1. The van der Waals surface area contributed by atoms with Gasteiger partial charge in [0.05, 0.1) is 5.56 Å². The lowest BCUT2D eigenvalue weighted by Crippen LogP contribution is -2.40. The smallest absolute Gasteiger partial charge is 0.327 e. The summed E-state index contributed by atoms with van der Waals surface area (Å²) in [6.45, 7) is 0. The molecule has 0 bridgehead atoms. The minimum absolute atomic E-state index is 0.0251. The summed E-state index contributed by atoms with van der Waals surface area (Å²) in [6.07, 6.45) is -0.0804. The number of carbonyl (C=O) groups is 2. The van der Waals surface area contributed by atoms with E-state index in [2.05, 4.69) is 17.2 Å². The van der Waals surface area contributed by atoms with Crippen LogP contribution in [0.4, 0.5) is 0 Å². The van der Waals surface area contributed by atoms with E-state index in [-0.39, 0.29) is 12.2 Å². The first-order chi connectivity index (χ1) is 13.0. The Labute approximate surface area is 156 Å². The van der Waals surface area contributed by atoms with Crippen LogP contribution < -0.4 is 5.32 Å². The SMILES string of the molecule is O=C(N[C@H](CC#Cc1ccccc1O)C(=O)O)c1ccc2ccccc2c1. The number of rotatable bonds is 4. The Kier molecular flexibility index (Phi) is 5.38. The maximum atomic E-state index is 12.4. The van der Waals surface area contributed by atoms with Gasteiger partial charge in [0.25, 0.3) is 5.91 Å². The van der Waals surface area contributed by atoms with Gasteiger partial charge in [-0.2, -0.15) is 0 Å². The molecule has 3 aromatic carbocycles. The molecule has 1 atom stereocenters. The zero-order chi connectivity index (χ0) is 19.2. The summed E-state index contributed by atoms with van der Waals surface area (Å²) in [6, 6.07) is 18.2. The third-order valence-corrected chi connectivity index (χ3v) is 4.05. The van der Waals surface area contributed by atoms with Crippen molar-refractivity contribution in [2.45, 2.75) is 12.5 Å². The van der Waals surface area contributed by atoms with Crippen molar-refractivity contribution in [2.75, 3.05) is 0 Å². The quantitative estimate of drug-likeness (QED) is 0.625. The first kappa shape index (κ1) is 18.0. The van der Waals surface area contributed by atoms with Crippen LogP contribution in [-0.4, -0.2) is 28.1 Å². The molecule has 5 heteroatoms. The van der Waals surface area contributed by atoms with Crippen LogP contribution in [0.1, 0.15) is 22.3 Å². The maximum absolute atomic E-state index is 12.4. The van der Waals surface area contributed by atoms with Gasteiger partial charge in [0.15, 0.2) is 0 Å². The lowest BCUT2D eigenvalue weighted by molar-refractivity contribution is -0.139. The summed E-state index contributed by atoms with van der Waals surface area (Å²) in [5.74, 6) is 3.81. The molecule has 0 saturated carbocycles. The van der Waals surface area contributed by atoms with Gasteiger partial charge < -0.3 is 15.5 Å². The Morgan fingerprint density at radius 2 is 1.67 bits per heavy atom. The molecular formula is C22H17NO4. The van der Waals surface area contributed by atoms with Crippen molar-refractivity contribution in [2.24, 2.45) is 0 Å². The van der Waals surface area contributed by atoms with E-state index in [4.69, 9.17) is 0 Å². The number of phenols is 1. The Bertz CT molecular complexity index is 1060. The number of hydrogen-bond donors (Lipinski definition) is 3. The van der Waals surface area contributed by atoms with E-state index < -0.39 is 17.9 Å². The van der Waals surface area contributed by atoms with E-state index >= 15 is 0 Å². The fourth-order valence-electron chi connectivity index (χ4n) is 2.60. The first-order valence-electron chi connectivity index (χ1n) is 8.34. The second-order valence-corrected chi connectivity index (χ2v) is 5.95. The minimum atomic E-state index is -1.17. The highest BCUT2D eigenvalue weighted by Crippen LogP contribution is 2.16. The van der Waals surface area contributed by atoms with Gasteiger partial charge in [0, 0.05) is 12.0 Å². The van der Waals surface area contributed by atoms with Gasteiger partial charge >= 0.3 is 5.97 Å². The third kappa shape index (κ3) is 4.44. The predicted molar refractivity (Wildman–Crippen MR) is 102 cm³/mol. The molecule has 0 aliphatic carbocycles. The number of para-hydroxylation sites is 1. The van der Waals surface area contributed by atoms with Crippen molar-refractivity contribution in [1.82, 2.24) is 5.32 Å². The molecule has 0 unspecified atom stereocenters. The molecule has 0 heterocycles. The van der Waals surface area contributed by atoms with Crippen LogP contribution in [0.3, 0.4) is 0 Å². The molecule has 0 aliphatic heterocycles. The van der Waals surface area contributed by atoms with E-state index in [9.17, 15) is 19.8 Å². The summed E-state index contributed by atoms with van der Waals surface area (Å²) >= 11 is 0. The molecule has 3 rings (SSSR count). The van der Waals surface area contributed by atoms with Gasteiger partial charge in [0.1, 0.15) is 11.8 Å². The number of fused-ring (bicyclic) bond motifs is 1. The number of phenolic OH excluding ortho intramolecular Hbond substituents is 1. The number of benzene rings is 3. The molecule has 0 aliphatic rings. The van der Waals surface area contributed by atoms with Crippen molar-refractivity contribution in [3.8, 4) is 17.6 Å². The molecule has 0 aromatic heterocycles. The highest BCUT2D eigenvalue weighted by Gasteiger charge is 2.19. The number of amides is 1. The Balaban J connectivity index is 1.73. The highest BCUT2D eigenvalue weighted by molar-refractivity contribution is 6.00. The largest absolute Gasteiger partial charge is 0.507 e. The summed E-state index contributed by atoms with van der Waals surface area (Å²) in [5.41, 5.74) is 0.788. The molecule has 0 saturated heterocycles. The summed E-state index contributed by atoms with van der Waals surface area (Å²) in [7, 11) is 0. The van der Waals surface area contributed by atoms with Crippen LogP contribution in [0.25, 0.3) is 10.8 Å². The van der Waals surface area contributed by atoms with Gasteiger partial charge in [-0.1, -0.05) is 54.3 Å². The average molecular weight is 359 g/mol. The predicted octanol–water partition coefficient (Wildman–Crippen LogP) is 3.17. The number of aromatic hydroxyl groups is 1. The molecule has 5 nitrogen and oxygen atoms in total. The average Bonchev–Trinajstić information content (AvgIpc) is 2.68. The van der Waals surface area contributed by atoms with Gasteiger partial charge in [-0.05, 0) is 35.0 Å². The normalized spacial score (nSPS) is 11.3. The molecular weight excluding hydrogens is 342 g/mol. The van der Waals surface area contributed by atoms with Gasteiger partial charge in [-0.3, -0.25) is 4.79 Å². The summed E-state index contributed by atoms with van der Waals surface area (Å²) in [5, 5.41) is 23.4. The minimum Gasteiger partial charge on any atom is -0.507 e. The molecule has 0 spiro atoms. The van der Waals surface area contributed by atoms with Crippen LogP contribution in [0.15, 0.2) is 66.7 Å². The lowest BCUT2D eigenvalue weighted by Gasteiger charge is -2.12. The number of hydrogen-bond acceptors (Lipinski definition) is 3. The summed E-state index contributed by atoms with van der Waals surface area (Å²) < 4.78 is 0. The van der Waals surface area contributed by atoms with Gasteiger partial charge in [0.2, 0.25) is 0 Å². The lowest BCUT2D eigenvalue weighted by atomic mass is 10.1. The zero-order valence-electron chi connectivity index (χ0n) is 14.3. The number of carbonyl (C=O) groups excluding carboxylic acids is 1. The van der Waals surface area contributed by atoms with Crippen LogP contribution in [-0.2, 0) is 4.79 Å². The zero-order valence-corrected chi connectivity index (χ0v) is 14.3. The molecule has 1 amide bonds. The van der Waals surface area contributed by atoms with E-state index in [0.29, 0.717) is 11.1 Å². The fourth-order valence-corrected chi connectivity index (χ4v) is 2.60. The van der Waals surface area contributed by atoms with Crippen LogP contribution in [0, 0.1) is 11.8 Å². The van der Waals surface area contributed by atoms with Crippen molar-refractivity contribution >= 4 is 22.6 Å². The van der Waals surface area contributed by atoms with E-state index in [1.54, 1.807) is 30.3 Å². The molecule has 134 valence electrons. The van der Waals surface area contributed by atoms with Crippen LogP contribution >= 0.6 is 0 Å². The standard InChI is InChI=1S/C22H17NO4/c24-20-11-4-3-7-16(20)9-5-10-19(22(26)27)23-21(25)18-13-12-15-6-1-2-8-17(15)14-18/h1-4,6-8,11-14,19,24H,10H2,(H,23,25)(H,26,27)/t19-/m1/s1. The number of carboxylic acids is 1. The second-order valence-electron chi connectivity index (χ2n) is 5.95. The molecule has 0 fully saturated rings. The molecule has 27 heavy (non-hydrogen) atoms. The van der Waals surface area contributed by atoms with Gasteiger partial charge in [-0.25, -0.2) is 4.79 Å². The van der Waals surface area contributed by atoms with Crippen molar-refractivity contribution in [3.05, 3.63) is 77.9 Å². The maximum Gasteiger partial charge on any atom is 0.327 e. The van der Waals surface area contributed by atoms with Crippen LogP contribution in [0.2, 0.25) is 0 Å². The number of aliphatic carboxylic acids is 1. The fraction of sp³-hybridized carbons (Fsp3) is 0.0909. The molecule has 3 N–H and O–H groups in total. The summed E-state index contributed by atoms with van der Waals surface area (Å²) in [4.78, 5) is 23.9. The van der Waals surface area contributed by atoms with Crippen molar-refractivity contribution in [3.63, 3.8) is 0 Å². The van der Waals surface area contributed by atoms with Crippen LogP contribution in [0.5, 0.6) is 5.75 Å². The van der Waals surface area contributed by atoms with Gasteiger partial charge in [-0.15, -0.1) is 0 Å². The topological polar surface area (TPSA) is 86.6 Å². The third-order valence-electron chi connectivity index (χ3n) is 4.05. The van der Waals surface area contributed by atoms with E-state index in [1.807, 2.05) is 30.3 Å². The highest BCUT2D eigenvalue weighted by atomic mass is 16.4. The second kappa shape index (κ2) is 8.07. The van der Waals surface area contributed by atoms with Crippen molar-refractivity contribution < 1.29 is 19.8 Å². The monoisotopic (exact) mass is 359 g/mol. The molecule has 3 aromatic rings. The Hall–Kier alpha value is -3.78. The molecule has 0 radical (unpaired) electrons.